The Morgan fingerprint density at radius 2 is 1.89 bits per heavy atom. The van der Waals surface area contributed by atoms with Crippen molar-refractivity contribution in [3.63, 3.8) is 0 Å². The molecule has 1 heterocycles. The van der Waals surface area contributed by atoms with Crippen molar-refractivity contribution in [3.8, 4) is 0 Å². The molecule has 0 fully saturated rings. The predicted molar refractivity (Wildman–Crippen MR) is 92.5 cm³/mol. The largest absolute Gasteiger partial charge is 0.376 e. The molecule has 19 heavy (non-hydrogen) atoms. The molecule has 2 nitrogen and oxygen atoms in total. The molecule has 1 unspecified atom stereocenters. The fraction of sp³-hybridized carbons (Fsp3) is 0.286. The van der Waals surface area contributed by atoms with Gasteiger partial charge in [-0.1, -0.05) is 15.9 Å². The van der Waals surface area contributed by atoms with E-state index >= 15 is 0 Å². The zero-order valence-corrected chi connectivity index (χ0v) is 15.1. The van der Waals surface area contributed by atoms with Gasteiger partial charge in [-0.25, -0.2) is 0 Å². The van der Waals surface area contributed by atoms with E-state index in [1.165, 1.54) is 10.6 Å². The van der Waals surface area contributed by atoms with Crippen LogP contribution in [-0.4, -0.2) is 14.1 Å². The molecule has 0 aliphatic rings. The van der Waals surface area contributed by atoms with Gasteiger partial charge in [0.1, 0.15) is 0 Å². The van der Waals surface area contributed by atoms with Crippen molar-refractivity contribution in [3.05, 3.63) is 43.5 Å². The summed E-state index contributed by atoms with van der Waals surface area (Å²) in [6, 6.07) is 8.74. The van der Waals surface area contributed by atoms with Gasteiger partial charge in [0.2, 0.25) is 0 Å². The number of hydrogen-bond acceptors (Lipinski definition) is 3. The molecular formula is C14H16Br2N2S. The van der Waals surface area contributed by atoms with Crippen LogP contribution in [0.1, 0.15) is 17.8 Å². The molecule has 5 heteroatoms. The third-order valence-electron chi connectivity index (χ3n) is 2.83. The first kappa shape index (κ1) is 14.9. The van der Waals surface area contributed by atoms with Crippen LogP contribution in [0.2, 0.25) is 0 Å². The predicted octanol–water partition coefficient (Wildman–Crippen LogP) is 5.51. The van der Waals surface area contributed by atoms with E-state index in [2.05, 4.69) is 92.7 Å². The summed E-state index contributed by atoms with van der Waals surface area (Å²) in [4.78, 5) is 3.43. The van der Waals surface area contributed by atoms with Crippen molar-refractivity contribution in [1.29, 1.82) is 0 Å². The highest BCUT2D eigenvalue weighted by Crippen LogP contribution is 2.33. The molecule has 0 bridgehead atoms. The summed E-state index contributed by atoms with van der Waals surface area (Å²) >= 11 is 8.80. The maximum absolute atomic E-state index is 3.58. The van der Waals surface area contributed by atoms with Gasteiger partial charge in [0.15, 0.2) is 0 Å². The van der Waals surface area contributed by atoms with Crippen LogP contribution in [0.3, 0.4) is 0 Å². The highest BCUT2D eigenvalue weighted by molar-refractivity contribution is 9.10. The summed E-state index contributed by atoms with van der Waals surface area (Å²) in [7, 11) is 4.11. The molecule has 102 valence electrons. The normalized spacial score (nSPS) is 12.3. The molecule has 0 spiro atoms. The van der Waals surface area contributed by atoms with Crippen molar-refractivity contribution in [1.82, 2.24) is 0 Å². The summed E-state index contributed by atoms with van der Waals surface area (Å²) in [5.41, 5.74) is 2.32. The Labute approximate surface area is 135 Å². The van der Waals surface area contributed by atoms with Crippen LogP contribution in [0.4, 0.5) is 11.4 Å². The van der Waals surface area contributed by atoms with Gasteiger partial charge in [-0.05, 0) is 47.1 Å². The Kier molecular flexibility index (Phi) is 4.92. The second kappa shape index (κ2) is 6.29. The molecule has 0 aliphatic carbocycles. The lowest BCUT2D eigenvalue weighted by molar-refractivity contribution is 0.905. The number of rotatable bonds is 4. The topological polar surface area (TPSA) is 15.3 Å². The van der Waals surface area contributed by atoms with Gasteiger partial charge in [0, 0.05) is 33.3 Å². The van der Waals surface area contributed by atoms with Gasteiger partial charge in [-0.2, -0.15) is 0 Å². The van der Waals surface area contributed by atoms with Gasteiger partial charge in [-0.3, -0.25) is 0 Å². The number of nitrogens with one attached hydrogen (secondary N) is 1. The molecular weight excluding hydrogens is 388 g/mol. The fourth-order valence-corrected chi connectivity index (χ4v) is 3.69. The van der Waals surface area contributed by atoms with Crippen molar-refractivity contribution in [2.24, 2.45) is 0 Å². The highest BCUT2D eigenvalue weighted by atomic mass is 79.9. The Bertz CT molecular complexity index is 566. The minimum Gasteiger partial charge on any atom is -0.376 e. The van der Waals surface area contributed by atoms with Gasteiger partial charge >= 0.3 is 0 Å². The lowest BCUT2D eigenvalue weighted by atomic mass is 10.2. The molecule has 0 saturated carbocycles. The van der Waals surface area contributed by atoms with Crippen LogP contribution >= 0.6 is 43.2 Å². The van der Waals surface area contributed by atoms with Crippen molar-refractivity contribution in [2.45, 2.75) is 13.0 Å². The van der Waals surface area contributed by atoms with E-state index in [9.17, 15) is 0 Å². The maximum Gasteiger partial charge on any atom is 0.0597 e. The number of hydrogen-bond donors (Lipinski definition) is 1. The van der Waals surface area contributed by atoms with Gasteiger partial charge in [-0.15, -0.1) is 11.3 Å². The van der Waals surface area contributed by atoms with Crippen LogP contribution in [0, 0.1) is 0 Å². The average molecular weight is 404 g/mol. The van der Waals surface area contributed by atoms with Crippen LogP contribution < -0.4 is 10.2 Å². The summed E-state index contributed by atoms with van der Waals surface area (Å²) in [5.74, 6) is 0. The molecule has 2 aromatic rings. The zero-order valence-electron chi connectivity index (χ0n) is 11.1. The number of benzene rings is 1. The second-order valence-corrected chi connectivity index (χ2v) is 7.36. The first-order valence-electron chi connectivity index (χ1n) is 5.94. The molecule has 1 atom stereocenters. The molecule has 0 amide bonds. The first-order valence-corrected chi connectivity index (χ1v) is 8.41. The van der Waals surface area contributed by atoms with Crippen molar-refractivity contribution >= 4 is 54.6 Å². The monoisotopic (exact) mass is 402 g/mol. The lowest BCUT2D eigenvalue weighted by Gasteiger charge is -2.21. The van der Waals surface area contributed by atoms with Crippen LogP contribution in [0.15, 0.2) is 38.6 Å². The summed E-state index contributed by atoms with van der Waals surface area (Å²) in [5, 5.41) is 5.69. The summed E-state index contributed by atoms with van der Waals surface area (Å²) in [6.07, 6.45) is 0. The van der Waals surface area contributed by atoms with Crippen molar-refractivity contribution in [2.75, 3.05) is 24.3 Å². The highest BCUT2D eigenvalue weighted by Gasteiger charge is 2.11. The molecule has 1 aromatic heterocycles. The van der Waals surface area contributed by atoms with Crippen molar-refractivity contribution < 1.29 is 0 Å². The molecule has 1 aromatic carbocycles. The number of anilines is 2. The standard InChI is InChI=1S/C14H16Br2N2S/c1-9(14-7-11(16)8-19-14)17-12-6-10(15)4-5-13(12)18(2)3/h4-9,17H,1-3H3. The SMILES string of the molecule is CC(Nc1cc(Br)ccc1N(C)C)c1cc(Br)cs1. The smallest absolute Gasteiger partial charge is 0.0597 e. The summed E-state index contributed by atoms with van der Waals surface area (Å²) in [6.45, 7) is 2.18. The van der Waals surface area contributed by atoms with Crippen LogP contribution in [0.5, 0.6) is 0 Å². The van der Waals surface area contributed by atoms with Crippen LogP contribution in [-0.2, 0) is 0 Å². The lowest BCUT2D eigenvalue weighted by Crippen LogP contribution is -2.13. The molecule has 0 radical (unpaired) electrons. The molecule has 1 N–H and O–H groups in total. The first-order chi connectivity index (χ1) is 8.97. The Morgan fingerprint density at radius 1 is 1.16 bits per heavy atom. The van der Waals surface area contributed by atoms with E-state index in [1.807, 2.05) is 0 Å². The summed E-state index contributed by atoms with van der Waals surface area (Å²) < 4.78 is 2.23. The third-order valence-corrected chi connectivity index (χ3v) is 5.20. The quantitative estimate of drug-likeness (QED) is 0.723. The Balaban J connectivity index is 2.25. The van der Waals surface area contributed by atoms with Gasteiger partial charge in [0.05, 0.1) is 17.4 Å². The zero-order chi connectivity index (χ0) is 14.0. The maximum atomic E-state index is 3.58. The second-order valence-electron chi connectivity index (χ2n) is 4.59. The van der Waals surface area contributed by atoms with E-state index in [1.54, 1.807) is 11.3 Å². The minimum atomic E-state index is 0.282. The van der Waals surface area contributed by atoms with E-state index in [-0.39, 0.29) is 6.04 Å². The van der Waals surface area contributed by atoms with E-state index < -0.39 is 0 Å². The number of nitrogens with zero attached hydrogens (tertiary/aromatic N) is 1. The number of halogens is 2. The number of thiophene rings is 1. The van der Waals surface area contributed by atoms with Gasteiger partial charge < -0.3 is 10.2 Å². The minimum absolute atomic E-state index is 0.282. The third kappa shape index (κ3) is 3.74. The molecule has 0 aliphatic heterocycles. The Hall–Kier alpha value is -0.520. The molecule has 0 saturated heterocycles. The van der Waals surface area contributed by atoms with Crippen LogP contribution in [0.25, 0.3) is 0 Å². The fourth-order valence-electron chi connectivity index (χ4n) is 1.87. The van der Waals surface area contributed by atoms with E-state index in [0.717, 1.165) is 14.6 Å². The molecule has 2 rings (SSSR count). The Morgan fingerprint density at radius 3 is 2.47 bits per heavy atom. The average Bonchev–Trinajstić information content (AvgIpc) is 2.75. The van der Waals surface area contributed by atoms with E-state index in [4.69, 9.17) is 0 Å². The van der Waals surface area contributed by atoms with E-state index in [0.29, 0.717) is 0 Å². The van der Waals surface area contributed by atoms with Gasteiger partial charge in [0.25, 0.3) is 0 Å².